The van der Waals surface area contributed by atoms with Crippen LogP contribution in [0.4, 0.5) is 0 Å². The van der Waals surface area contributed by atoms with E-state index in [1.807, 2.05) is 49.5 Å². The molecule has 0 saturated carbocycles. The van der Waals surface area contributed by atoms with Gasteiger partial charge in [0.05, 0.1) is 28.4 Å². The first-order chi connectivity index (χ1) is 15.5. The van der Waals surface area contributed by atoms with Gasteiger partial charge in [0.25, 0.3) is 0 Å². The van der Waals surface area contributed by atoms with Crippen molar-refractivity contribution < 1.29 is 28.3 Å². The van der Waals surface area contributed by atoms with E-state index in [0.29, 0.717) is 35.1 Å². The molecule has 3 aromatic rings. The van der Waals surface area contributed by atoms with Crippen LogP contribution in [0.25, 0.3) is 22.6 Å². The summed E-state index contributed by atoms with van der Waals surface area (Å²) in [6, 6.07) is 11.4. The Bertz CT molecular complexity index is 1090. The molecule has 0 unspecified atom stereocenters. The van der Waals surface area contributed by atoms with Crippen molar-refractivity contribution in [2.75, 3.05) is 28.4 Å². The Morgan fingerprint density at radius 2 is 1.45 bits per heavy atom. The van der Waals surface area contributed by atoms with Crippen LogP contribution >= 0.6 is 0 Å². The molecule has 0 bridgehead atoms. The van der Waals surface area contributed by atoms with Crippen LogP contribution in [0, 0.1) is 0 Å². The van der Waals surface area contributed by atoms with Gasteiger partial charge in [0.1, 0.15) is 11.4 Å². The van der Waals surface area contributed by atoms with Gasteiger partial charge in [0.2, 0.25) is 5.75 Å². The van der Waals surface area contributed by atoms with Crippen LogP contribution in [0.1, 0.15) is 19.4 Å². The van der Waals surface area contributed by atoms with Crippen molar-refractivity contribution in [2.24, 2.45) is 0 Å². The Balaban J connectivity index is 2.00. The van der Waals surface area contributed by atoms with Crippen molar-refractivity contribution in [2.45, 2.75) is 38.4 Å². The third kappa shape index (κ3) is 5.01. The Morgan fingerprint density at radius 3 is 1.97 bits per heavy atom. The highest BCUT2D eigenvalue weighted by molar-refractivity contribution is 6.72. The molecule has 0 saturated heterocycles. The number of hydrogen-bond acceptors (Lipinski definition) is 7. The summed E-state index contributed by atoms with van der Waals surface area (Å²) in [6.45, 7) is 8.12. The van der Waals surface area contributed by atoms with Crippen molar-refractivity contribution >= 4 is 8.32 Å². The molecule has 0 fully saturated rings. The van der Waals surface area contributed by atoms with E-state index in [1.165, 1.54) is 0 Å². The van der Waals surface area contributed by atoms with Crippen molar-refractivity contribution in [3.8, 4) is 45.6 Å². The van der Waals surface area contributed by atoms with E-state index in [9.17, 15) is 4.80 Å². The molecule has 2 aromatic carbocycles. The van der Waals surface area contributed by atoms with E-state index in [2.05, 4.69) is 19.0 Å². The second-order valence-corrected chi connectivity index (χ2v) is 13.6. The smallest absolute Gasteiger partial charge is 0.203 e. The Labute approximate surface area is 196 Å². The van der Waals surface area contributed by atoms with Gasteiger partial charge in [0.15, 0.2) is 25.6 Å². The van der Waals surface area contributed by atoms with Crippen LogP contribution in [0.15, 0.2) is 40.9 Å². The largest absolute Gasteiger partial charge is 0.496 e. The third-order valence-electron chi connectivity index (χ3n) is 6.32. The third-order valence-corrected chi connectivity index (χ3v) is 9.81. The number of ether oxygens (including phenoxy) is 4. The van der Waals surface area contributed by atoms with E-state index >= 15 is 0 Å². The molecule has 178 valence electrons. The van der Waals surface area contributed by atoms with Crippen molar-refractivity contribution in [1.82, 2.24) is 5.16 Å². The molecule has 7 nitrogen and oxygen atoms in total. The molecular formula is C25H33NO6Si. The number of benzene rings is 2. The van der Waals surface area contributed by atoms with Gasteiger partial charge in [-0.2, -0.15) is 0 Å². The second-order valence-electron chi connectivity index (χ2n) is 9.14. The fraction of sp³-hybridized carbons (Fsp3) is 0.400. The van der Waals surface area contributed by atoms with Gasteiger partial charge in [-0.25, -0.2) is 0 Å². The number of rotatable bonds is 9. The van der Waals surface area contributed by atoms with Crippen molar-refractivity contribution in [3.63, 3.8) is 0 Å². The molecular weight excluding hydrogens is 438 g/mol. The Hall–Kier alpha value is -2.97. The second kappa shape index (κ2) is 9.49. The predicted octanol–water partition coefficient (Wildman–Crippen LogP) is 5.56. The highest BCUT2D eigenvalue weighted by Crippen LogP contribution is 2.43. The van der Waals surface area contributed by atoms with Crippen LogP contribution in [-0.4, -0.2) is 46.7 Å². The maximum absolute atomic E-state index is 10.7. The van der Waals surface area contributed by atoms with E-state index in [-0.39, 0.29) is 5.04 Å². The highest BCUT2D eigenvalue weighted by Gasteiger charge is 2.38. The molecule has 33 heavy (non-hydrogen) atoms. The SMILES string of the molecule is COc1ccc(-c2cc(-c3cc(OC)c(OC)c(OC)c3)no2)cc1CC(C)(C)[Si](C)(C)O. The number of methoxy groups -OCH3 is 4. The lowest BCUT2D eigenvalue weighted by atomic mass is 9.98. The van der Waals surface area contributed by atoms with Crippen molar-refractivity contribution in [3.05, 3.63) is 42.0 Å². The maximum Gasteiger partial charge on any atom is 0.203 e. The Kier molecular flexibility index (Phi) is 7.09. The van der Waals surface area contributed by atoms with E-state index in [0.717, 1.165) is 22.4 Å². The lowest BCUT2D eigenvalue weighted by Crippen LogP contribution is -2.40. The van der Waals surface area contributed by atoms with Crippen LogP contribution in [0.2, 0.25) is 18.1 Å². The molecule has 0 radical (unpaired) electrons. The summed E-state index contributed by atoms with van der Waals surface area (Å²) in [5.74, 6) is 3.02. The predicted molar refractivity (Wildman–Crippen MR) is 131 cm³/mol. The lowest BCUT2D eigenvalue weighted by molar-refractivity contribution is 0.324. The summed E-state index contributed by atoms with van der Waals surface area (Å²) in [5.41, 5.74) is 3.32. The molecule has 1 aromatic heterocycles. The molecule has 8 heteroatoms. The summed E-state index contributed by atoms with van der Waals surface area (Å²) in [5, 5.41) is 4.03. The standard InChI is InChI=1S/C25H33NO6Si/c1-25(2,33(7,8)27)15-18-11-16(9-10-20(18)28-3)21-14-19(26-32-21)17-12-22(29-4)24(31-6)23(13-17)30-5/h9-14,27H,15H2,1-8H3. The summed E-state index contributed by atoms with van der Waals surface area (Å²) in [6.07, 6.45) is 0.688. The quantitative estimate of drug-likeness (QED) is 0.409. The minimum atomic E-state index is -2.39. The van der Waals surface area contributed by atoms with Crippen LogP contribution in [0.5, 0.6) is 23.0 Å². The molecule has 1 heterocycles. The van der Waals surface area contributed by atoms with Crippen molar-refractivity contribution in [1.29, 1.82) is 0 Å². The van der Waals surface area contributed by atoms with E-state index in [1.54, 1.807) is 28.4 Å². The molecule has 3 rings (SSSR count). The molecule has 1 N–H and O–H groups in total. The zero-order valence-corrected chi connectivity index (χ0v) is 21.6. The molecule has 0 aliphatic carbocycles. The van der Waals surface area contributed by atoms with Gasteiger partial charge in [-0.15, -0.1) is 0 Å². The van der Waals surface area contributed by atoms with Gasteiger partial charge < -0.3 is 28.3 Å². The normalized spacial score (nSPS) is 11.9. The first-order valence-corrected chi connectivity index (χ1v) is 13.7. The molecule has 0 spiro atoms. The fourth-order valence-corrected chi connectivity index (χ4v) is 4.16. The van der Waals surface area contributed by atoms with E-state index < -0.39 is 8.32 Å². The first kappa shape index (κ1) is 24.7. The maximum atomic E-state index is 10.7. The number of aromatic nitrogens is 1. The van der Waals surface area contributed by atoms with Crippen LogP contribution in [-0.2, 0) is 6.42 Å². The summed E-state index contributed by atoms with van der Waals surface area (Å²) < 4.78 is 27.6. The molecule has 0 aliphatic rings. The minimum Gasteiger partial charge on any atom is -0.496 e. The van der Waals surface area contributed by atoms with Gasteiger partial charge >= 0.3 is 0 Å². The average molecular weight is 472 g/mol. The van der Waals surface area contributed by atoms with Gasteiger partial charge in [0, 0.05) is 17.2 Å². The highest BCUT2D eigenvalue weighted by atomic mass is 28.4. The fourth-order valence-electron chi connectivity index (χ4n) is 3.54. The Morgan fingerprint density at radius 1 is 0.848 bits per heavy atom. The van der Waals surface area contributed by atoms with Crippen LogP contribution in [0.3, 0.4) is 0 Å². The topological polar surface area (TPSA) is 83.2 Å². The van der Waals surface area contributed by atoms with Gasteiger partial charge in [-0.05, 0) is 60.4 Å². The van der Waals surface area contributed by atoms with Gasteiger partial charge in [-0.3, -0.25) is 0 Å². The summed E-state index contributed by atoms with van der Waals surface area (Å²) in [4.78, 5) is 10.7. The summed E-state index contributed by atoms with van der Waals surface area (Å²) >= 11 is 0. The average Bonchev–Trinajstić information content (AvgIpc) is 3.27. The van der Waals surface area contributed by atoms with E-state index in [4.69, 9.17) is 23.5 Å². The summed E-state index contributed by atoms with van der Waals surface area (Å²) in [7, 11) is 3.98. The molecule has 0 atom stereocenters. The minimum absolute atomic E-state index is 0.234. The zero-order valence-electron chi connectivity index (χ0n) is 20.6. The zero-order chi connectivity index (χ0) is 24.4. The molecule has 0 amide bonds. The lowest BCUT2D eigenvalue weighted by Gasteiger charge is -2.35. The van der Waals surface area contributed by atoms with Crippen LogP contribution < -0.4 is 18.9 Å². The monoisotopic (exact) mass is 471 g/mol. The number of hydrogen-bond donors (Lipinski definition) is 1. The molecule has 0 aliphatic heterocycles. The first-order valence-electron chi connectivity index (χ1n) is 10.7. The van der Waals surface area contributed by atoms with Gasteiger partial charge in [-0.1, -0.05) is 19.0 Å². The number of nitrogens with zero attached hydrogens (tertiary/aromatic N) is 1.